The highest BCUT2D eigenvalue weighted by Crippen LogP contribution is 2.29. The predicted molar refractivity (Wildman–Crippen MR) is 99.2 cm³/mol. The number of anilines is 1. The number of piperidine rings is 1. The third-order valence-electron chi connectivity index (χ3n) is 4.59. The minimum atomic E-state index is -0.463. The number of non-ortho nitro benzene ring substituents is 1. The van der Waals surface area contributed by atoms with E-state index in [4.69, 9.17) is 0 Å². The SMILES string of the molecule is CN(Cc1ccccn1)C(=O)c1cc([N+](=O)[O-])ccc1N1CCCCC1. The molecule has 1 fully saturated rings. The van der Waals surface area contributed by atoms with Gasteiger partial charge in [0, 0.05) is 38.5 Å². The number of aromatic nitrogens is 1. The van der Waals surface area contributed by atoms with Crippen molar-refractivity contribution in [2.45, 2.75) is 25.8 Å². The highest BCUT2D eigenvalue weighted by Gasteiger charge is 2.24. The summed E-state index contributed by atoms with van der Waals surface area (Å²) in [5.74, 6) is -0.236. The van der Waals surface area contributed by atoms with E-state index in [0.29, 0.717) is 12.1 Å². The van der Waals surface area contributed by atoms with Gasteiger partial charge in [0.05, 0.1) is 28.4 Å². The van der Waals surface area contributed by atoms with E-state index in [0.717, 1.165) is 37.3 Å². The van der Waals surface area contributed by atoms with E-state index >= 15 is 0 Å². The number of carbonyl (C=O) groups is 1. The number of rotatable bonds is 5. The van der Waals surface area contributed by atoms with Crippen molar-refractivity contribution in [1.29, 1.82) is 0 Å². The van der Waals surface area contributed by atoms with Crippen LogP contribution in [0.4, 0.5) is 11.4 Å². The van der Waals surface area contributed by atoms with E-state index < -0.39 is 4.92 Å². The molecular formula is C19H22N4O3. The molecule has 136 valence electrons. The molecule has 2 aromatic rings. The van der Waals surface area contributed by atoms with Gasteiger partial charge in [-0.2, -0.15) is 0 Å². The molecule has 1 aromatic carbocycles. The van der Waals surface area contributed by atoms with Gasteiger partial charge >= 0.3 is 0 Å². The standard InChI is InChI=1S/C19H22N4O3/c1-21(14-15-7-3-4-10-20-15)19(24)17-13-16(23(25)26)8-9-18(17)22-11-5-2-6-12-22/h3-4,7-10,13H,2,5-6,11-12,14H2,1H3. The first kappa shape index (κ1) is 17.8. The lowest BCUT2D eigenvalue weighted by Gasteiger charge is -2.31. The molecule has 0 N–H and O–H groups in total. The summed E-state index contributed by atoms with van der Waals surface area (Å²) >= 11 is 0. The van der Waals surface area contributed by atoms with Crippen LogP contribution in [0.1, 0.15) is 35.3 Å². The van der Waals surface area contributed by atoms with E-state index in [1.54, 1.807) is 24.2 Å². The first-order valence-corrected chi connectivity index (χ1v) is 8.75. The van der Waals surface area contributed by atoms with Gasteiger partial charge in [0.1, 0.15) is 0 Å². The predicted octanol–water partition coefficient (Wildman–Crippen LogP) is 3.25. The van der Waals surface area contributed by atoms with Crippen LogP contribution in [-0.4, -0.2) is 40.9 Å². The van der Waals surface area contributed by atoms with Crippen molar-refractivity contribution in [2.75, 3.05) is 25.0 Å². The fourth-order valence-electron chi connectivity index (χ4n) is 3.23. The summed E-state index contributed by atoms with van der Waals surface area (Å²) < 4.78 is 0. The first-order chi connectivity index (χ1) is 12.6. The number of benzene rings is 1. The Hall–Kier alpha value is -2.96. The van der Waals surface area contributed by atoms with E-state index in [1.165, 1.54) is 18.6 Å². The van der Waals surface area contributed by atoms with Gasteiger partial charge in [-0.1, -0.05) is 6.07 Å². The Kier molecular flexibility index (Phi) is 5.46. The van der Waals surface area contributed by atoms with Crippen LogP contribution in [0.25, 0.3) is 0 Å². The molecule has 1 aliphatic heterocycles. The summed E-state index contributed by atoms with van der Waals surface area (Å²) in [7, 11) is 1.69. The van der Waals surface area contributed by atoms with Crippen LogP contribution >= 0.6 is 0 Å². The fraction of sp³-hybridized carbons (Fsp3) is 0.368. The zero-order valence-corrected chi connectivity index (χ0v) is 14.8. The number of pyridine rings is 1. The number of nitrogens with zero attached hydrogens (tertiary/aromatic N) is 4. The van der Waals surface area contributed by atoms with Crippen LogP contribution < -0.4 is 4.90 Å². The molecule has 0 spiro atoms. The molecule has 0 atom stereocenters. The molecule has 2 heterocycles. The Labute approximate surface area is 152 Å². The summed E-state index contributed by atoms with van der Waals surface area (Å²) in [6, 6.07) is 10.1. The van der Waals surface area contributed by atoms with Crippen molar-refractivity contribution in [3.63, 3.8) is 0 Å². The van der Waals surface area contributed by atoms with E-state index in [1.807, 2.05) is 18.2 Å². The maximum atomic E-state index is 13.0. The van der Waals surface area contributed by atoms with Crippen LogP contribution in [0.3, 0.4) is 0 Å². The largest absolute Gasteiger partial charge is 0.371 e. The van der Waals surface area contributed by atoms with Crippen molar-refractivity contribution in [1.82, 2.24) is 9.88 Å². The number of nitro groups is 1. The van der Waals surface area contributed by atoms with Crippen LogP contribution in [0.5, 0.6) is 0 Å². The first-order valence-electron chi connectivity index (χ1n) is 8.75. The minimum Gasteiger partial charge on any atom is -0.371 e. The van der Waals surface area contributed by atoms with Gasteiger partial charge in [0.2, 0.25) is 0 Å². The molecule has 0 saturated carbocycles. The zero-order valence-electron chi connectivity index (χ0n) is 14.8. The van der Waals surface area contributed by atoms with Gasteiger partial charge in [0.15, 0.2) is 0 Å². The Balaban J connectivity index is 1.90. The van der Waals surface area contributed by atoms with Crippen molar-refractivity contribution >= 4 is 17.3 Å². The number of hydrogen-bond donors (Lipinski definition) is 0. The van der Waals surface area contributed by atoms with Crippen LogP contribution in [0, 0.1) is 10.1 Å². The van der Waals surface area contributed by atoms with Gasteiger partial charge in [-0.3, -0.25) is 19.9 Å². The molecule has 7 heteroatoms. The highest BCUT2D eigenvalue weighted by atomic mass is 16.6. The van der Waals surface area contributed by atoms with Gasteiger partial charge in [-0.15, -0.1) is 0 Å². The van der Waals surface area contributed by atoms with E-state index in [-0.39, 0.29) is 11.6 Å². The van der Waals surface area contributed by atoms with Crippen LogP contribution in [0.2, 0.25) is 0 Å². The molecular weight excluding hydrogens is 332 g/mol. The fourth-order valence-corrected chi connectivity index (χ4v) is 3.23. The summed E-state index contributed by atoms with van der Waals surface area (Å²) in [6.45, 7) is 2.08. The Bertz CT molecular complexity index is 789. The summed E-state index contributed by atoms with van der Waals surface area (Å²) in [4.78, 5) is 31.7. The Morgan fingerprint density at radius 3 is 2.65 bits per heavy atom. The number of nitro benzene ring substituents is 1. The van der Waals surface area contributed by atoms with Gasteiger partial charge in [-0.25, -0.2) is 0 Å². The quantitative estimate of drug-likeness (QED) is 0.608. The zero-order chi connectivity index (χ0) is 18.5. The molecule has 1 amide bonds. The smallest absolute Gasteiger partial charge is 0.270 e. The van der Waals surface area contributed by atoms with Crippen molar-refractivity contribution in [3.8, 4) is 0 Å². The van der Waals surface area contributed by atoms with Crippen molar-refractivity contribution in [3.05, 3.63) is 64.0 Å². The van der Waals surface area contributed by atoms with E-state index in [9.17, 15) is 14.9 Å². The number of hydrogen-bond acceptors (Lipinski definition) is 5. The average Bonchev–Trinajstić information content (AvgIpc) is 2.68. The van der Waals surface area contributed by atoms with Crippen LogP contribution in [-0.2, 0) is 6.54 Å². The summed E-state index contributed by atoms with van der Waals surface area (Å²) in [5, 5.41) is 11.2. The summed E-state index contributed by atoms with van der Waals surface area (Å²) in [6.07, 6.45) is 4.98. The van der Waals surface area contributed by atoms with Crippen LogP contribution in [0.15, 0.2) is 42.6 Å². The second-order valence-electron chi connectivity index (χ2n) is 6.49. The highest BCUT2D eigenvalue weighted by molar-refractivity contribution is 6.00. The second kappa shape index (κ2) is 7.95. The van der Waals surface area contributed by atoms with E-state index in [2.05, 4.69) is 9.88 Å². The lowest BCUT2D eigenvalue weighted by Crippen LogP contribution is -2.33. The minimum absolute atomic E-state index is 0.0691. The molecule has 1 aliphatic rings. The summed E-state index contributed by atoms with van der Waals surface area (Å²) in [5.41, 5.74) is 1.85. The number of carbonyl (C=O) groups excluding carboxylic acids is 1. The molecule has 0 radical (unpaired) electrons. The van der Waals surface area contributed by atoms with Gasteiger partial charge in [-0.05, 0) is 37.5 Å². The van der Waals surface area contributed by atoms with Crippen molar-refractivity contribution < 1.29 is 9.72 Å². The third kappa shape index (κ3) is 3.99. The molecule has 26 heavy (non-hydrogen) atoms. The lowest BCUT2D eigenvalue weighted by atomic mass is 10.1. The maximum absolute atomic E-state index is 13.0. The second-order valence-corrected chi connectivity index (χ2v) is 6.49. The molecule has 0 aliphatic carbocycles. The topological polar surface area (TPSA) is 79.6 Å². The monoisotopic (exact) mass is 354 g/mol. The maximum Gasteiger partial charge on any atom is 0.270 e. The third-order valence-corrected chi connectivity index (χ3v) is 4.59. The molecule has 0 unspecified atom stereocenters. The molecule has 7 nitrogen and oxygen atoms in total. The van der Waals surface area contributed by atoms with Gasteiger partial charge in [0.25, 0.3) is 11.6 Å². The molecule has 0 bridgehead atoms. The average molecular weight is 354 g/mol. The molecule has 3 rings (SSSR count). The lowest BCUT2D eigenvalue weighted by molar-refractivity contribution is -0.384. The molecule has 1 aromatic heterocycles. The molecule has 1 saturated heterocycles. The normalized spacial score (nSPS) is 14.1. The van der Waals surface area contributed by atoms with Crippen molar-refractivity contribution in [2.24, 2.45) is 0 Å². The Morgan fingerprint density at radius 1 is 1.23 bits per heavy atom. The Morgan fingerprint density at radius 2 is 2.00 bits per heavy atom. The van der Waals surface area contributed by atoms with Gasteiger partial charge < -0.3 is 9.80 Å². The number of amides is 1.